The van der Waals surface area contributed by atoms with E-state index in [0.29, 0.717) is 4.57 Å². The Morgan fingerprint density at radius 1 is 1.29 bits per heavy atom. The van der Waals surface area contributed by atoms with Crippen molar-refractivity contribution in [2.75, 3.05) is 12.3 Å². The van der Waals surface area contributed by atoms with Crippen LogP contribution >= 0.6 is 23.5 Å². The SMILES string of the molecule is C#CC1(O)[C@H](F)[C@H](n2ccc(N)nc2=O)O[C@@H]1COP(=O)(O)OP(=O)(O)OP(=O)(O)O. The van der Waals surface area contributed by atoms with Gasteiger partial charge in [0.1, 0.15) is 11.9 Å². The van der Waals surface area contributed by atoms with Gasteiger partial charge < -0.3 is 35.2 Å². The van der Waals surface area contributed by atoms with Crippen LogP contribution in [0.15, 0.2) is 17.1 Å². The Hall–Kier alpha value is -1.50. The summed E-state index contributed by atoms with van der Waals surface area (Å²) in [5.74, 6) is 1.45. The maximum absolute atomic E-state index is 14.8. The number of nitrogens with zero attached hydrogens (tertiary/aromatic N) is 2. The molecule has 0 spiro atoms. The molecule has 0 aliphatic carbocycles. The van der Waals surface area contributed by atoms with Crippen molar-refractivity contribution in [3.8, 4) is 12.3 Å². The van der Waals surface area contributed by atoms with Crippen molar-refractivity contribution in [1.29, 1.82) is 0 Å². The second-order valence-corrected chi connectivity index (χ2v) is 10.2. The highest BCUT2D eigenvalue weighted by Gasteiger charge is 2.57. The van der Waals surface area contributed by atoms with Gasteiger partial charge in [-0.05, 0) is 6.07 Å². The highest BCUT2D eigenvalue weighted by molar-refractivity contribution is 7.66. The fourth-order valence-electron chi connectivity index (χ4n) is 2.37. The zero-order valence-electron chi connectivity index (χ0n) is 14.9. The fraction of sp³-hybridized carbons (Fsp3) is 0.455. The lowest BCUT2D eigenvalue weighted by atomic mass is 9.94. The second-order valence-electron chi connectivity index (χ2n) is 5.82. The summed E-state index contributed by atoms with van der Waals surface area (Å²) in [7, 11) is -17.0. The standard InChI is InChI=1S/C11H15FN3O13P3/c1-2-11(17)6(5-25-30(21,22)28-31(23,24)27-29(18,19)20)26-9(8(11)12)15-4-3-7(13)14-10(15)16/h1,3-4,6,8-9,17H,5H2,(H,21,22)(H,23,24)(H2,13,14,16)(H2,18,19,20)/t6-,8-,9-,11?/m1/s1. The molecule has 1 saturated heterocycles. The van der Waals surface area contributed by atoms with Crippen LogP contribution in [0, 0.1) is 12.3 Å². The van der Waals surface area contributed by atoms with Crippen LogP contribution in [0.3, 0.4) is 0 Å². The molecule has 1 aromatic heterocycles. The molecule has 16 nitrogen and oxygen atoms in total. The topological polar surface area (TPSA) is 250 Å². The summed E-state index contributed by atoms with van der Waals surface area (Å²) < 4.78 is 65.5. The van der Waals surface area contributed by atoms with Crippen LogP contribution in [0.2, 0.25) is 0 Å². The number of aromatic nitrogens is 2. The fourth-order valence-corrected chi connectivity index (χ4v) is 5.38. The quantitative estimate of drug-likeness (QED) is 0.177. The monoisotopic (exact) mass is 509 g/mol. The molecule has 2 rings (SSSR count). The summed E-state index contributed by atoms with van der Waals surface area (Å²) in [5.41, 5.74) is 1.41. The van der Waals surface area contributed by atoms with Crippen molar-refractivity contribution in [3.05, 3.63) is 22.7 Å². The van der Waals surface area contributed by atoms with Crippen LogP contribution in [0.1, 0.15) is 6.23 Å². The molecule has 1 aromatic rings. The van der Waals surface area contributed by atoms with E-state index in [1.807, 2.05) is 0 Å². The number of aliphatic hydroxyl groups is 1. The molecule has 1 aliphatic heterocycles. The Balaban J connectivity index is 2.19. The van der Waals surface area contributed by atoms with Crippen LogP contribution < -0.4 is 11.4 Å². The van der Waals surface area contributed by atoms with Gasteiger partial charge in [0.25, 0.3) is 0 Å². The molecule has 20 heteroatoms. The number of terminal acetylenes is 1. The van der Waals surface area contributed by atoms with E-state index in [1.165, 1.54) is 0 Å². The molecule has 0 amide bonds. The first kappa shape index (κ1) is 25.8. The lowest BCUT2D eigenvalue weighted by Crippen LogP contribution is -2.46. The molecule has 0 aromatic carbocycles. The van der Waals surface area contributed by atoms with E-state index in [4.69, 9.17) is 31.6 Å². The first-order valence-corrected chi connectivity index (χ1v) is 12.1. The van der Waals surface area contributed by atoms with Gasteiger partial charge in [0.15, 0.2) is 18.0 Å². The minimum atomic E-state index is -5.80. The van der Waals surface area contributed by atoms with Crippen molar-refractivity contribution in [2.45, 2.75) is 24.1 Å². The molecule has 3 unspecified atom stereocenters. The Bertz CT molecular complexity index is 1080. The van der Waals surface area contributed by atoms with Crippen molar-refractivity contribution < 1.29 is 60.6 Å². The first-order valence-electron chi connectivity index (χ1n) is 7.62. The summed E-state index contributed by atoms with van der Waals surface area (Å²) in [6, 6.07) is 1.10. The number of alkyl halides is 1. The van der Waals surface area contributed by atoms with Gasteiger partial charge in [-0.3, -0.25) is 9.09 Å². The summed E-state index contributed by atoms with van der Waals surface area (Å²) in [4.78, 5) is 50.7. The molecule has 7 N–H and O–H groups in total. The maximum Gasteiger partial charge on any atom is 0.490 e. The zero-order chi connectivity index (χ0) is 23.8. The highest BCUT2D eigenvalue weighted by atomic mass is 31.3. The van der Waals surface area contributed by atoms with Gasteiger partial charge >= 0.3 is 29.2 Å². The minimum Gasteiger partial charge on any atom is -0.383 e. The molecule has 2 heterocycles. The Labute approximate surface area is 171 Å². The first-order chi connectivity index (χ1) is 14.0. The number of nitrogen functional groups attached to an aromatic ring is 1. The van der Waals surface area contributed by atoms with Gasteiger partial charge in [-0.2, -0.15) is 13.6 Å². The smallest absolute Gasteiger partial charge is 0.383 e. The summed E-state index contributed by atoms with van der Waals surface area (Å²) in [6.45, 7) is -1.25. The Morgan fingerprint density at radius 3 is 2.42 bits per heavy atom. The average molecular weight is 509 g/mol. The third-order valence-corrected chi connectivity index (χ3v) is 7.43. The minimum absolute atomic E-state index is 0.203. The molecule has 0 bridgehead atoms. The van der Waals surface area contributed by atoms with E-state index in [0.717, 1.165) is 12.3 Å². The zero-order valence-corrected chi connectivity index (χ0v) is 17.5. The molecule has 1 fully saturated rings. The normalized spacial score (nSPS) is 30.3. The van der Waals surface area contributed by atoms with E-state index in [2.05, 4.69) is 18.1 Å². The van der Waals surface area contributed by atoms with Crippen molar-refractivity contribution in [3.63, 3.8) is 0 Å². The lowest BCUT2D eigenvalue weighted by molar-refractivity contribution is -0.0611. The van der Waals surface area contributed by atoms with Crippen molar-refractivity contribution in [2.24, 2.45) is 0 Å². The predicted octanol–water partition coefficient (Wildman–Crippen LogP) is -1.23. The van der Waals surface area contributed by atoms with Crippen molar-refractivity contribution >= 4 is 29.3 Å². The third-order valence-electron chi connectivity index (χ3n) is 3.63. The Kier molecular flexibility index (Phi) is 7.31. The lowest BCUT2D eigenvalue weighted by Gasteiger charge is -2.24. The number of ether oxygens (including phenoxy) is 1. The van der Waals surface area contributed by atoms with Crippen LogP contribution in [0.4, 0.5) is 10.2 Å². The molecular weight excluding hydrogens is 494 g/mol. The largest absolute Gasteiger partial charge is 0.490 e. The number of phosphoric ester groups is 1. The number of hydrogen-bond donors (Lipinski definition) is 6. The highest BCUT2D eigenvalue weighted by Crippen LogP contribution is 2.66. The van der Waals surface area contributed by atoms with E-state index in [1.54, 1.807) is 5.92 Å². The molecule has 31 heavy (non-hydrogen) atoms. The molecule has 1 aliphatic rings. The van der Waals surface area contributed by atoms with Gasteiger partial charge in [-0.15, -0.1) is 6.42 Å². The molecule has 6 atom stereocenters. The number of hydrogen-bond acceptors (Lipinski definition) is 11. The molecule has 0 saturated carbocycles. The Morgan fingerprint density at radius 2 is 1.90 bits per heavy atom. The molecule has 174 valence electrons. The number of anilines is 1. The van der Waals surface area contributed by atoms with Gasteiger partial charge in [0, 0.05) is 6.20 Å². The number of nitrogens with two attached hydrogens (primary N) is 1. The van der Waals surface area contributed by atoms with Crippen LogP contribution in [-0.4, -0.2) is 58.7 Å². The van der Waals surface area contributed by atoms with Crippen LogP contribution in [0.25, 0.3) is 0 Å². The van der Waals surface area contributed by atoms with Gasteiger partial charge in [0.05, 0.1) is 6.61 Å². The average Bonchev–Trinajstić information content (AvgIpc) is 2.82. The number of halogens is 1. The van der Waals surface area contributed by atoms with Crippen LogP contribution in [0.5, 0.6) is 0 Å². The van der Waals surface area contributed by atoms with Crippen LogP contribution in [-0.2, 0) is 31.6 Å². The van der Waals surface area contributed by atoms with Gasteiger partial charge in [-0.25, -0.2) is 22.9 Å². The number of rotatable bonds is 8. The summed E-state index contributed by atoms with van der Waals surface area (Å²) in [6.07, 6.45) is -0.222. The maximum atomic E-state index is 14.8. The van der Waals surface area contributed by atoms with E-state index in [9.17, 15) is 32.9 Å². The van der Waals surface area contributed by atoms with Crippen molar-refractivity contribution in [1.82, 2.24) is 9.55 Å². The van der Waals surface area contributed by atoms with E-state index in [-0.39, 0.29) is 5.82 Å². The molecule has 0 radical (unpaired) electrons. The number of phosphoric acid groups is 3. The van der Waals surface area contributed by atoms with Gasteiger partial charge in [0.2, 0.25) is 0 Å². The van der Waals surface area contributed by atoms with E-state index < -0.39 is 59.9 Å². The predicted molar refractivity (Wildman–Crippen MR) is 95.3 cm³/mol. The molecular formula is C11H15FN3O13P3. The van der Waals surface area contributed by atoms with E-state index >= 15 is 0 Å². The second kappa shape index (κ2) is 8.80. The summed E-state index contributed by atoms with van der Waals surface area (Å²) in [5, 5.41) is 10.4. The third kappa shape index (κ3) is 6.27. The summed E-state index contributed by atoms with van der Waals surface area (Å²) >= 11 is 0. The van der Waals surface area contributed by atoms with Gasteiger partial charge in [-0.1, -0.05) is 5.92 Å².